The van der Waals surface area contributed by atoms with Gasteiger partial charge in [0.2, 0.25) is 0 Å². The van der Waals surface area contributed by atoms with Crippen LogP contribution in [-0.2, 0) is 0 Å². The van der Waals surface area contributed by atoms with Gasteiger partial charge < -0.3 is 5.32 Å². The standard InChI is InChI=1S/C13H20N2OS/c1-7-9(8(2)16)10(17-15-7)14-11-12(3,4)13(11,5)6/h11,14H,1-6H3. The lowest BCUT2D eigenvalue weighted by molar-refractivity contribution is 0.101. The van der Waals surface area contributed by atoms with Crippen molar-refractivity contribution in [2.45, 2.75) is 47.6 Å². The molecule has 1 heterocycles. The number of nitrogens with zero attached hydrogens (tertiary/aromatic N) is 1. The Morgan fingerprint density at radius 3 is 2.24 bits per heavy atom. The van der Waals surface area contributed by atoms with E-state index in [0.29, 0.717) is 6.04 Å². The molecule has 1 aliphatic rings. The molecule has 0 radical (unpaired) electrons. The smallest absolute Gasteiger partial charge is 0.164 e. The van der Waals surface area contributed by atoms with E-state index in [9.17, 15) is 4.79 Å². The summed E-state index contributed by atoms with van der Waals surface area (Å²) in [5.41, 5.74) is 2.12. The molecule has 0 atom stereocenters. The zero-order valence-corrected chi connectivity index (χ0v) is 12.2. The molecule has 3 nitrogen and oxygen atoms in total. The van der Waals surface area contributed by atoms with Crippen molar-refractivity contribution in [3.8, 4) is 0 Å². The molecular weight excluding hydrogens is 232 g/mol. The molecule has 0 spiro atoms. The second kappa shape index (κ2) is 3.55. The molecule has 94 valence electrons. The molecule has 1 fully saturated rings. The van der Waals surface area contributed by atoms with Gasteiger partial charge in [-0.15, -0.1) is 0 Å². The van der Waals surface area contributed by atoms with Crippen LogP contribution in [-0.4, -0.2) is 16.2 Å². The van der Waals surface area contributed by atoms with E-state index in [1.165, 1.54) is 11.5 Å². The number of anilines is 1. The molecule has 1 aliphatic carbocycles. The fraction of sp³-hybridized carbons (Fsp3) is 0.692. The second-order valence-electron chi connectivity index (χ2n) is 6.05. The van der Waals surface area contributed by atoms with Gasteiger partial charge in [-0.1, -0.05) is 27.7 Å². The molecule has 1 N–H and O–H groups in total. The Hall–Kier alpha value is -0.900. The topological polar surface area (TPSA) is 42.0 Å². The average molecular weight is 252 g/mol. The predicted molar refractivity (Wildman–Crippen MR) is 71.8 cm³/mol. The van der Waals surface area contributed by atoms with E-state index in [4.69, 9.17) is 0 Å². The molecule has 0 aromatic carbocycles. The largest absolute Gasteiger partial charge is 0.371 e. The molecule has 1 saturated carbocycles. The molecule has 0 saturated heterocycles. The highest BCUT2D eigenvalue weighted by Gasteiger charge is 2.65. The van der Waals surface area contributed by atoms with Gasteiger partial charge >= 0.3 is 0 Å². The number of Topliss-reactive ketones (excluding diaryl/α,β-unsaturated/α-hetero) is 1. The minimum atomic E-state index is 0.0926. The Bertz CT molecular complexity index is 460. The van der Waals surface area contributed by atoms with Crippen molar-refractivity contribution < 1.29 is 4.79 Å². The van der Waals surface area contributed by atoms with Crippen LogP contribution < -0.4 is 5.32 Å². The number of aromatic nitrogens is 1. The van der Waals surface area contributed by atoms with Gasteiger partial charge in [0.1, 0.15) is 5.00 Å². The molecule has 1 aromatic rings. The van der Waals surface area contributed by atoms with Crippen molar-refractivity contribution in [2.24, 2.45) is 10.8 Å². The van der Waals surface area contributed by atoms with Crippen molar-refractivity contribution in [3.63, 3.8) is 0 Å². The van der Waals surface area contributed by atoms with Crippen LogP contribution in [0.25, 0.3) is 0 Å². The molecule has 17 heavy (non-hydrogen) atoms. The van der Waals surface area contributed by atoms with Crippen molar-refractivity contribution in [1.29, 1.82) is 0 Å². The zero-order chi connectivity index (χ0) is 13.0. The van der Waals surface area contributed by atoms with Crippen molar-refractivity contribution in [1.82, 2.24) is 4.37 Å². The van der Waals surface area contributed by atoms with Crippen LogP contribution in [0.5, 0.6) is 0 Å². The molecule has 0 bridgehead atoms. The summed E-state index contributed by atoms with van der Waals surface area (Å²) in [6.07, 6.45) is 0. The number of hydrogen-bond donors (Lipinski definition) is 1. The van der Waals surface area contributed by atoms with E-state index < -0.39 is 0 Å². The Balaban J connectivity index is 2.25. The first kappa shape index (κ1) is 12.6. The summed E-state index contributed by atoms with van der Waals surface area (Å²) in [4.78, 5) is 11.6. The summed E-state index contributed by atoms with van der Waals surface area (Å²) in [7, 11) is 0. The van der Waals surface area contributed by atoms with Gasteiger partial charge in [-0.3, -0.25) is 4.79 Å². The third-order valence-corrected chi connectivity index (χ3v) is 5.38. The monoisotopic (exact) mass is 252 g/mol. The summed E-state index contributed by atoms with van der Waals surface area (Å²) >= 11 is 1.39. The Labute approximate surface area is 107 Å². The van der Waals surface area contributed by atoms with Crippen LogP contribution in [0.1, 0.15) is 50.7 Å². The lowest BCUT2D eigenvalue weighted by Gasteiger charge is -2.07. The minimum Gasteiger partial charge on any atom is -0.371 e. The molecule has 0 aliphatic heterocycles. The summed E-state index contributed by atoms with van der Waals surface area (Å²) < 4.78 is 4.27. The van der Waals surface area contributed by atoms with Crippen LogP contribution in [0.2, 0.25) is 0 Å². The van der Waals surface area contributed by atoms with Crippen molar-refractivity contribution in [3.05, 3.63) is 11.3 Å². The normalized spacial score (nSPS) is 21.3. The maximum absolute atomic E-state index is 11.6. The summed E-state index contributed by atoms with van der Waals surface area (Å²) in [6, 6.07) is 0.410. The molecular formula is C13H20N2OS. The average Bonchev–Trinajstić information content (AvgIpc) is 2.51. The van der Waals surface area contributed by atoms with Gasteiger partial charge in [0.25, 0.3) is 0 Å². The molecule has 2 rings (SSSR count). The number of carbonyl (C=O) groups excluding carboxylic acids is 1. The fourth-order valence-corrected chi connectivity index (χ4v) is 3.44. The number of ketones is 1. The number of aryl methyl sites for hydroxylation is 1. The van der Waals surface area contributed by atoms with Gasteiger partial charge in [0.15, 0.2) is 5.78 Å². The highest BCUT2D eigenvalue weighted by atomic mass is 32.1. The SMILES string of the molecule is CC(=O)c1c(C)nsc1NC1C(C)(C)C1(C)C. The fourth-order valence-electron chi connectivity index (χ4n) is 2.57. The summed E-state index contributed by atoms with van der Waals surface area (Å²) in [5, 5.41) is 4.43. The van der Waals surface area contributed by atoms with Gasteiger partial charge in [-0.25, -0.2) is 0 Å². The summed E-state index contributed by atoms with van der Waals surface area (Å²) in [5.74, 6) is 0.0926. The first-order valence-electron chi connectivity index (χ1n) is 5.93. The van der Waals surface area contributed by atoms with Crippen LogP contribution in [0.4, 0.5) is 5.00 Å². The Morgan fingerprint density at radius 2 is 1.82 bits per heavy atom. The van der Waals surface area contributed by atoms with Crippen LogP contribution in [0.15, 0.2) is 0 Å². The zero-order valence-electron chi connectivity index (χ0n) is 11.3. The highest BCUT2D eigenvalue weighted by Crippen LogP contribution is 2.64. The maximum Gasteiger partial charge on any atom is 0.164 e. The van der Waals surface area contributed by atoms with Gasteiger partial charge in [-0.05, 0) is 36.2 Å². The lowest BCUT2D eigenvalue weighted by Crippen LogP contribution is -2.11. The van der Waals surface area contributed by atoms with E-state index in [0.717, 1.165) is 16.3 Å². The quantitative estimate of drug-likeness (QED) is 0.837. The van der Waals surface area contributed by atoms with Crippen LogP contribution in [0, 0.1) is 17.8 Å². The molecule has 0 amide bonds. The molecule has 1 aromatic heterocycles. The number of hydrogen-bond acceptors (Lipinski definition) is 4. The van der Waals surface area contributed by atoms with E-state index in [1.54, 1.807) is 6.92 Å². The van der Waals surface area contributed by atoms with Crippen molar-refractivity contribution in [2.75, 3.05) is 5.32 Å². The predicted octanol–water partition coefficient (Wildman–Crippen LogP) is 3.50. The first-order chi connectivity index (χ1) is 7.69. The van der Waals surface area contributed by atoms with E-state index in [2.05, 4.69) is 37.4 Å². The molecule has 0 unspecified atom stereocenters. The van der Waals surface area contributed by atoms with E-state index in [-0.39, 0.29) is 16.6 Å². The maximum atomic E-state index is 11.6. The molecule has 4 heteroatoms. The third kappa shape index (κ3) is 1.69. The van der Waals surface area contributed by atoms with Crippen LogP contribution >= 0.6 is 11.5 Å². The number of nitrogens with one attached hydrogen (secondary N) is 1. The van der Waals surface area contributed by atoms with Crippen LogP contribution in [0.3, 0.4) is 0 Å². The Kier molecular flexibility index (Phi) is 2.62. The lowest BCUT2D eigenvalue weighted by atomic mass is 10.0. The number of rotatable bonds is 3. The Morgan fingerprint density at radius 1 is 1.29 bits per heavy atom. The third-order valence-electron chi connectivity index (χ3n) is 4.51. The second-order valence-corrected chi connectivity index (χ2v) is 6.82. The van der Waals surface area contributed by atoms with Crippen molar-refractivity contribution >= 4 is 22.3 Å². The summed E-state index contributed by atoms with van der Waals surface area (Å²) in [6.45, 7) is 12.5. The van der Waals surface area contributed by atoms with E-state index in [1.807, 2.05) is 6.92 Å². The minimum absolute atomic E-state index is 0.0926. The highest BCUT2D eigenvalue weighted by molar-refractivity contribution is 7.10. The van der Waals surface area contributed by atoms with Gasteiger partial charge in [-0.2, -0.15) is 4.37 Å². The first-order valence-corrected chi connectivity index (χ1v) is 6.70. The van der Waals surface area contributed by atoms with Gasteiger partial charge in [0, 0.05) is 6.04 Å². The van der Waals surface area contributed by atoms with E-state index >= 15 is 0 Å². The van der Waals surface area contributed by atoms with Gasteiger partial charge in [0.05, 0.1) is 11.3 Å². The number of carbonyl (C=O) groups is 1.